The predicted molar refractivity (Wildman–Crippen MR) is 109 cm³/mol. The van der Waals surface area contributed by atoms with E-state index in [4.69, 9.17) is 4.99 Å². The number of allylic oxidation sites excluding steroid dienone is 2. The van der Waals surface area contributed by atoms with E-state index in [1.165, 1.54) is 12.1 Å². The molecule has 29 heavy (non-hydrogen) atoms. The smallest absolute Gasteiger partial charge is 0.269 e. The van der Waals surface area contributed by atoms with Crippen molar-refractivity contribution in [3.05, 3.63) is 51.2 Å². The van der Waals surface area contributed by atoms with Gasteiger partial charge < -0.3 is 4.90 Å². The molecule has 1 saturated heterocycles. The van der Waals surface area contributed by atoms with Gasteiger partial charge in [-0.15, -0.1) is 0 Å². The van der Waals surface area contributed by atoms with Gasteiger partial charge in [0.1, 0.15) is 0 Å². The predicted octanol–water partition coefficient (Wildman–Crippen LogP) is 3.79. The molecule has 2 atom stereocenters. The van der Waals surface area contributed by atoms with Crippen molar-refractivity contribution in [2.24, 2.45) is 10.9 Å². The third-order valence-electron chi connectivity index (χ3n) is 6.23. The number of carbonyl (C=O) groups is 2. The molecule has 2 heterocycles. The molecule has 0 aromatic heterocycles. The molecule has 2 aliphatic heterocycles. The first-order valence-corrected chi connectivity index (χ1v) is 10.3. The van der Waals surface area contributed by atoms with E-state index in [1.54, 1.807) is 12.1 Å². The van der Waals surface area contributed by atoms with Crippen LogP contribution in [0, 0.1) is 16.0 Å². The minimum absolute atomic E-state index is 0.00182. The summed E-state index contributed by atoms with van der Waals surface area (Å²) in [5.74, 6) is -0.901. The summed E-state index contributed by atoms with van der Waals surface area (Å²) in [5, 5.41) is 11.1. The number of nitro groups is 1. The number of nitro benzene ring substituents is 1. The van der Waals surface area contributed by atoms with Crippen LogP contribution in [0.4, 0.5) is 5.69 Å². The fraction of sp³-hybridized carbons (Fsp3) is 0.500. The maximum absolute atomic E-state index is 13.5. The molecule has 1 aromatic carbocycles. The van der Waals surface area contributed by atoms with Crippen LogP contribution < -0.4 is 0 Å². The first kappa shape index (κ1) is 19.5. The lowest BCUT2D eigenvalue weighted by molar-refractivity contribution is -0.384. The van der Waals surface area contributed by atoms with Crippen molar-refractivity contribution in [2.75, 3.05) is 13.1 Å². The van der Waals surface area contributed by atoms with E-state index in [9.17, 15) is 19.7 Å². The highest BCUT2D eigenvalue weighted by Gasteiger charge is 2.43. The van der Waals surface area contributed by atoms with Gasteiger partial charge in [-0.3, -0.25) is 24.7 Å². The van der Waals surface area contributed by atoms with Crippen LogP contribution >= 0.6 is 0 Å². The third kappa shape index (κ3) is 3.61. The highest BCUT2D eigenvalue weighted by molar-refractivity contribution is 6.10. The summed E-state index contributed by atoms with van der Waals surface area (Å²) in [6.45, 7) is 3.33. The van der Waals surface area contributed by atoms with E-state index in [0.717, 1.165) is 62.2 Å². The number of piperidine rings is 1. The van der Waals surface area contributed by atoms with E-state index < -0.39 is 16.8 Å². The topological polar surface area (TPSA) is 92.9 Å². The van der Waals surface area contributed by atoms with Gasteiger partial charge in [0.05, 0.1) is 10.8 Å². The van der Waals surface area contributed by atoms with Gasteiger partial charge in [-0.1, -0.05) is 12.1 Å². The lowest BCUT2D eigenvalue weighted by Gasteiger charge is -2.38. The number of hydrogen-bond acceptors (Lipinski definition) is 5. The molecule has 1 aliphatic carbocycles. The van der Waals surface area contributed by atoms with Crippen molar-refractivity contribution < 1.29 is 14.5 Å². The molecule has 7 heteroatoms. The number of carbonyl (C=O) groups excluding carboxylic acids is 2. The average molecular weight is 395 g/mol. The molecule has 1 amide bonds. The third-order valence-corrected chi connectivity index (χ3v) is 6.23. The van der Waals surface area contributed by atoms with Crippen LogP contribution in [0.25, 0.3) is 0 Å². The Balaban J connectivity index is 1.78. The Bertz CT molecular complexity index is 910. The van der Waals surface area contributed by atoms with Crippen LogP contribution in [-0.4, -0.2) is 40.3 Å². The standard InChI is InChI=1S/C22H25N3O4/c1-14-19(22(27)24-12-3-2-4-13-24)20(15-8-10-16(11-9-15)25(28)29)21-17(23-14)6-5-7-18(21)26/h8-11,19-20H,2-7,12-13H2,1H3/t19?,20-/m1/s1. The highest BCUT2D eigenvalue weighted by Crippen LogP contribution is 2.44. The molecule has 0 saturated carbocycles. The minimum atomic E-state index is -0.532. The van der Waals surface area contributed by atoms with E-state index in [-0.39, 0.29) is 17.4 Å². The van der Waals surface area contributed by atoms with Gasteiger partial charge in [-0.25, -0.2) is 0 Å². The van der Waals surface area contributed by atoms with Crippen LogP contribution in [0.2, 0.25) is 0 Å². The van der Waals surface area contributed by atoms with Crippen LogP contribution in [0.15, 0.2) is 40.5 Å². The van der Waals surface area contributed by atoms with Crippen molar-refractivity contribution in [3.63, 3.8) is 0 Å². The molecule has 0 radical (unpaired) electrons. The molecular formula is C22H25N3O4. The number of hydrogen-bond donors (Lipinski definition) is 0. The Morgan fingerprint density at radius 3 is 2.45 bits per heavy atom. The van der Waals surface area contributed by atoms with Crippen LogP contribution in [0.1, 0.15) is 56.9 Å². The summed E-state index contributed by atoms with van der Waals surface area (Å²) in [5.41, 5.74) is 2.91. The first-order chi connectivity index (χ1) is 14.0. The summed E-state index contributed by atoms with van der Waals surface area (Å²) in [6, 6.07) is 6.27. The van der Waals surface area contributed by atoms with Gasteiger partial charge >= 0.3 is 0 Å². The molecule has 7 nitrogen and oxygen atoms in total. The number of amides is 1. The monoisotopic (exact) mass is 395 g/mol. The average Bonchev–Trinajstić information content (AvgIpc) is 2.73. The number of benzene rings is 1. The second-order valence-electron chi connectivity index (χ2n) is 8.08. The largest absolute Gasteiger partial charge is 0.342 e. The number of nitrogens with zero attached hydrogens (tertiary/aromatic N) is 3. The zero-order valence-corrected chi connectivity index (χ0v) is 16.6. The molecule has 1 aromatic rings. The Hall–Kier alpha value is -2.83. The fourth-order valence-corrected chi connectivity index (χ4v) is 4.80. The zero-order valence-electron chi connectivity index (χ0n) is 16.6. The van der Waals surface area contributed by atoms with E-state index in [0.29, 0.717) is 12.0 Å². The van der Waals surface area contributed by atoms with Gasteiger partial charge in [-0.2, -0.15) is 0 Å². The number of likely N-dealkylation sites (tertiary alicyclic amines) is 1. The summed E-state index contributed by atoms with van der Waals surface area (Å²) >= 11 is 0. The highest BCUT2D eigenvalue weighted by atomic mass is 16.6. The molecule has 0 spiro atoms. The van der Waals surface area contributed by atoms with Crippen LogP contribution in [0.3, 0.4) is 0 Å². The van der Waals surface area contributed by atoms with Gasteiger partial charge in [-0.05, 0) is 44.6 Å². The Morgan fingerprint density at radius 2 is 1.79 bits per heavy atom. The van der Waals surface area contributed by atoms with Gasteiger partial charge in [0, 0.05) is 54.5 Å². The first-order valence-electron chi connectivity index (χ1n) is 10.3. The van der Waals surface area contributed by atoms with Crippen molar-refractivity contribution >= 4 is 23.1 Å². The Labute approximate surface area is 169 Å². The van der Waals surface area contributed by atoms with E-state index >= 15 is 0 Å². The summed E-state index contributed by atoms with van der Waals surface area (Å²) in [7, 11) is 0. The summed E-state index contributed by atoms with van der Waals surface area (Å²) < 4.78 is 0. The minimum Gasteiger partial charge on any atom is -0.342 e. The second-order valence-corrected chi connectivity index (χ2v) is 8.08. The summed E-state index contributed by atoms with van der Waals surface area (Å²) in [4.78, 5) is 43.6. The summed E-state index contributed by atoms with van der Waals surface area (Å²) in [6.07, 6.45) is 5.06. The maximum atomic E-state index is 13.5. The number of rotatable bonds is 3. The zero-order chi connectivity index (χ0) is 20.5. The van der Waals surface area contributed by atoms with Crippen molar-refractivity contribution in [3.8, 4) is 0 Å². The number of non-ortho nitro benzene ring substituents is 1. The van der Waals surface area contributed by atoms with Crippen LogP contribution in [0.5, 0.6) is 0 Å². The molecule has 1 fully saturated rings. The van der Waals surface area contributed by atoms with Gasteiger partial charge in [0.15, 0.2) is 5.78 Å². The normalized spacial score (nSPS) is 24.8. The van der Waals surface area contributed by atoms with Gasteiger partial charge in [0.25, 0.3) is 5.69 Å². The lowest BCUT2D eigenvalue weighted by atomic mass is 9.71. The number of aliphatic imine (C=N–C) groups is 1. The van der Waals surface area contributed by atoms with E-state index in [1.807, 2.05) is 11.8 Å². The molecule has 4 rings (SSSR count). The fourth-order valence-electron chi connectivity index (χ4n) is 4.80. The van der Waals surface area contributed by atoms with Crippen molar-refractivity contribution in [1.29, 1.82) is 0 Å². The number of Topliss-reactive ketones (excluding diaryl/α,β-unsaturated/α-hetero) is 1. The Morgan fingerprint density at radius 1 is 1.10 bits per heavy atom. The van der Waals surface area contributed by atoms with Crippen molar-refractivity contribution in [1.82, 2.24) is 4.90 Å². The van der Waals surface area contributed by atoms with Crippen molar-refractivity contribution in [2.45, 2.75) is 51.4 Å². The van der Waals surface area contributed by atoms with E-state index in [2.05, 4.69) is 0 Å². The van der Waals surface area contributed by atoms with Gasteiger partial charge in [0.2, 0.25) is 5.91 Å². The maximum Gasteiger partial charge on any atom is 0.269 e. The molecule has 0 N–H and O–H groups in total. The molecular weight excluding hydrogens is 370 g/mol. The Kier molecular flexibility index (Phi) is 5.30. The lowest BCUT2D eigenvalue weighted by Crippen LogP contribution is -2.46. The molecule has 0 bridgehead atoms. The van der Waals surface area contributed by atoms with Crippen LogP contribution in [-0.2, 0) is 9.59 Å². The molecule has 1 unspecified atom stereocenters. The second kappa shape index (κ2) is 7.89. The SMILES string of the molecule is CC1=NC2=C(C(=O)CCC2)[C@H](c2ccc([N+](=O)[O-])cc2)C1C(=O)N1CCCCC1. The quantitative estimate of drug-likeness (QED) is 0.575. The number of ketones is 1. The molecule has 3 aliphatic rings. The molecule has 152 valence electrons.